The maximum absolute atomic E-state index is 12.5. The predicted molar refractivity (Wildman–Crippen MR) is 67.7 cm³/mol. The molecule has 0 aromatic heterocycles. The van der Waals surface area contributed by atoms with E-state index in [0.29, 0.717) is 12.1 Å². The van der Waals surface area contributed by atoms with Gasteiger partial charge in [-0.15, -0.1) is 0 Å². The highest BCUT2D eigenvalue weighted by atomic mass is 32.2. The number of hydrogen-bond donors (Lipinski definition) is 1. The van der Waals surface area contributed by atoms with Crippen molar-refractivity contribution in [2.75, 3.05) is 12.3 Å². The van der Waals surface area contributed by atoms with E-state index in [1.807, 2.05) is 0 Å². The minimum absolute atomic E-state index is 0.371. The molecule has 1 N–H and O–H groups in total. The summed E-state index contributed by atoms with van der Waals surface area (Å²) in [6, 6.07) is 5.35. The van der Waals surface area contributed by atoms with Gasteiger partial charge >= 0.3 is 6.18 Å². The van der Waals surface area contributed by atoms with Gasteiger partial charge in [0.15, 0.2) is 5.17 Å². The van der Waals surface area contributed by atoms with Gasteiger partial charge in [-0.2, -0.15) is 13.2 Å². The second-order valence-electron chi connectivity index (χ2n) is 3.94. The number of amidine groups is 1. The lowest BCUT2D eigenvalue weighted by Gasteiger charge is -2.14. The Morgan fingerprint density at radius 1 is 1.33 bits per heavy atom. The predicted octanol–water partition coefficient (Wildman–Crippen LogP) is 3.29. The zero-order valence-electron chi connectivity index (χ0n) is 9.63. The van der Waals surface area contributed by atoms with E-state index in [1.54, 1.807) is 17.8 Å². The Bertz CT molecular complexity index is 443. The SMILES string of the molecule is FC(F)(F)c1cccc(CNC2=NCCCS2)c1. The van der Waals surface area contributed by atoms with Crippen LogP contribution >= 0.6 is 11.8 Å². The second kappa shape index (κ2) is 5.65. The summed E-state index contributed by atoms with van der Waals surface area (Å²) in [5, 5.41) is 3.88. The first-order chi connectivity index (χ1) is 8.55. The standard InChI is InChI=1S/C12H13F3N2S/c13-12(14,15)10-4-1-3-9(7-10)8-17-11-16-5-2-6-18-11/h1,3-4,7H,2,5-6,8H2,(H,16,17). The summed E-state index contributed by atoms with van der Waals surface area (Å²) in [4.78, 5) is 4.26. The fourth-order valence-electron chi connectivity index (χ4n) is 1.60. The largest absolute Gasteiger partial charge is 0.416 e. The molecule has 1 heterocycles. The molecule has 2 nitrogen and oxygen atoms in total. The molecular formula is C12H13F3N2S. The summed E-state index contributed by atoms with van der Waals surface area (Å²) < 4.78 is 37.5. The van der Waals surface area contributed by atoms with Crippen molar-refractivity contribution in [1.82, 2.24) is 5.32 Å². The average Bonchev–Trinajstić information content (AvgIpc) is 2.37. The normalized spacial score (nSPS) is 16.3. The Labute approximate surface area is 108 Å². The number of thioether (sulfide) groups is 1. The lowest BCUT2D eigenvalue weighted by Crippen LogP contribution is -2.23. The van der Waals surface area contributed by atoms with Crippen LogP contribution in [-0.4, -0.2) is 17.5 Å². The molecule has 1 aromatic carbocycles. The van der Waals surface area contributed by atoms with Gasteiger partial charge in [0.2, 0.25) is 0 Å². The van der Waals surface area contributed by atoms with Crippen molar-refractivity contribution in [2.24, 2.45) is 4.99 Å². The van der Waals surface area contributed by atoms with Crippen LogP contribution in [0.4, 0.5) is 13.2 Å². The molecule has 2 rings (SSSR count). The molecule has 0 atom stereocenters. The number of hydrogen-bond acceptors (Lipinski definition) is 3. The minimum atomic E-state index is -4.28. The summed E-state index contributed by atoms with van der Waals surface area (Å²) in [6.45, 7) is 1.16. The van der Waals surface area contributed by atoms with Crippen molar-refractivity contribution in [1.29, 1.82) is 0 Å². The van der Waals surface area contributed by atoms with Crippen LogP contribution in [0.15, 0.2) is 29.3 Å². The first kappa shape index (κ1) is 13.3. The zero-order valence-corrected chi connectivity index (χ0v) is 10.4. The molecule has 0 aliphatic carbocycles. The molecule has 98 valence electrons. The third-order valence-electron chi connectivity index (χ3n) is 2.49. The van der Waals surface area contributed by atoms with Crippen LogP contribution in [0.25, 0.3) is 0 Å². The summed E-state index contributed by atoms with van der Waals surface area (Å²) in [5.74, 6) is 1.01. The van der Waals surface area contributed by atoms with Crippen molar-refractivity contribution in [3.63, 3.8) is 0 Å². The minimum Gasteiger partial charge on any atom is -0.361 e. The van der Waals surface area contributed by atoms with Crippen LogP contribution in [0.3, 0.4) is 0 Å². The van der Waals surface area contributed by atoms with Crippen LogP contribution in [0, 0.1) is 0 Å². The zero-order chi connectivity index (χ0) is 13.0. The molecule has 6 heteroatoms. The van der Waals surface area contributed by atoms with E-state index in [4.69, 9.17) is 0 Å². The van der Waals surface area contributed by atoms with Crippen LogP contribution in [-0.2, 0) is 12.7 Å². The molecule has 0 saturated heterocycles. The van der Waals surface area contributed by atoms with Crippen LogP contribution < -0.4 is 5.32 Å². The molecule has 0 bridgehead atoms. The number of nitrogens with zero attached hydrogens (tertiary/aromatic N) is 1. The molecule has 0 amide bonds. The van der Waals surface area contributed by atoms with Crippen molar-refractivity contribution in [2.45, 2.75) is 19.1 Å². The van der Waals surface area contributed by atoms with Crippen LogP contribution in [0.2, 0.25) is 0 Å². The number of alkyl halides is 3. The van der Waals surface area contributed by atoms with E-state index < -0.39 is 11.7 Å². The van der Waals surface area contributed by atoms with E-state index in [0.717, 1.165) is 30.0 Å². The summed E-state index contributed by atoms with van der Waals surface area (Å²) in [7, 11) is 0. The van der Waals surface area contributed by atoms with Crippen molar-refractivity contribution >= 4 is 16.9 Å². The second-order valence-corrected chi connectivity index (χ2v) is 5.02. The molecule has 0 unspecified atom stereocenters. The third-order valence-corrected chi connectivity index (χ3v) is 3.53. The summed E-state index contributed by atoms with van der Waals surface area (Å²) in [6.07, 6.45) is -3.23. The van der Waals surface area contributed by atoms with Crippen LogP contribution in [0.5, 0.6) is 0 Å². The Kier molecular flexibility index (Phi) is 4.16. The van der Waals surface area contributed by atoms with Gasteiger partial charge in [-0.1, -0.05) is 23.9 Å². The van der Waals surface area contributed by atoms with Crippen LogP contribution in [0.1, 0.15) is 17.5 Å². The van der Waals surface area contributed by atoms with Gasteiger partial charge in [-0.3, -0.25) is 4.99 Å². The lowest BCUT2D eigenvalue weighted by atomic mass is 10.1. The topological polar surface area (TPSA) is 24.4 Å². The average molecular weight is 274 g/mol. The Morgan fingerprint density at radius 2 is 2.17 bits per heavy atom. The van der Waals surface area contributed by atoms with E-state index >= 15 is 0 Å². The molecule has 18 heavy (non-hydrogen) atoms. The number of nitrogens with one attached hydrogen (secondary N) is 1. The highest BCUT2D eigenvalue weighted by molar-refractivity contribution is 8.13. The van der Waals surface area contributed by atoms with Gasteiger partial charge in [0.1, 0.15) is 0 Å². The summed E-state index contributed by atoms with van der Waals surface area (Å²) in [5.41, 5.74) is -0.00117. The Morgan fingerprint density at radius 3 is 2.83 bits per heavy atom. The molecule has 1 aliphatic heterocycles. The molecule has 0 fully saturated rings. The molecular weight excluding hydrogens is 261 g/mol. The fourth-order valence-corrected chi connectivity index (χ4v) is 2.43. The first-order valence-corrected chi connectivity index (χ1v) is 6.61. The van der Waals surface area contributed by atoms with Gasteiger partial charge in [-0.05, 0) is 24.1 Å². The molecule has 0 spiro atoms. The summed E-state index contributed by atoms with van der Waals surface area (Å²) >= 11 is 1.61. The highest BCUT2D eigenvalue weighted by Gasteiger charge is 2.30. The van der Waals surface area contributed by atoms with Crippen molar-refractivity contribution in [3.05, 3.63) is 35.4 Å². The fraction of sp³-hybridized carbons (Fsp3) is 0.417. The smallest absolute Gasteiger partial charge is 0.361 e. The maximum Gasteiger partial charge on any atom is 0.416 e. The highest BCUT2D eigenvalue weighted by Crippen LogP contribution is 2.29. The van der Waals surface area contributed by atoms with E-state index in [1.165, 1.54) is 12.1 Å². The molecule has 0 saturated carbocycles. The van der Waals surface area contributed by atoms with Gasteiger partial charge in [0.25, 0.3) is 0 Å². The third kappa shape index (κ3) is 3.66. The van der Waals surface area contributed by atoms with Gasteiger partial charge in [-0.25, -0.2) is 0 Å². The van der Waals surface area contributed by atoms with E-state index in [2.05, 4.69) is 10.3 Å². The van der Waals surface area contributed by atoms with E-state index in [9.17, 15) is 13.2 Å². The Balaban J connectivity index is 1.99. The van der Waals surface area contributed by atoms with Crippen molar-refractivity contribution in [3.8, 4) is 0 Å². The number of benzene rings is 1. The molecule has 1 aliphatic rings. The molecule has 0 radical (unpaired) electrons. The lowest BCUT2D eigenvalue weighted by molar-refractivity contribution is -0.137. The quantitative estimate of drug-likeness (QED) is 0.895. The number of aliphatic imine (C=N–C) groups is 1. The first-order valence-electron chi connectivity index (χ1n) is 5.63. The monoisotopic (exact) mass is 274 g/mol. The van der Waals surface area contributed by atoms with Gasteiger partial charge in [0.05, 0.1) is 5.56 Å². The number of halogens is 3. The number of rotatable bonds is 2. The van der Waals surface area contributed by atoms with Gasteiger partial charge in [0, 0.05) is 18.8 Å². The Hall–Kier alpha value is -1.17. The van der Waals surface area contributed by atoms with E-state index in [-0.39, 0.29) is 0 Å². The molecule has 1 aromatic rings. The van der Waals surface area contributed by atoms with Crippen molar-refractivity contribution < 1.29 is 13.2 Å². The maximum atomic E-state index is 12.5. The van der Waals surface area contributed by atoms with Gasteiger partial charge < -0.3 is 5.32 Å².